The molecular weight excluding hydrogens is 332 g/mol. The van der Waals surface area contributed by atoms with Gasteiger partial charge in [-0.15, -0.1) is 0 Å². The van der Waals surface area contributed by atoms with Crippen LogP contribution < -0.4 is 14.8 Å². The fraction of sp³-hybridized carbons (Fsp3) is 0.650. The maximum Gasteiger partial charge on any atom is 0.231 e. The fourth-order valence-corrected chi connectivity index (χ4v) is 3.54. The Morgan fingerprint density at radius 3 is 2.62 bits per heavy atom. The smallest absolute Gasteiger partial charge is 0.231 e. The number of aryl methyl sites for hydroxylation is 1. The van der Waals surface area contributed by atoms with Crippen LogP contribution in [0.4, 0.5) is 0 Å². The third-order valence-corrected chi connectivity index (χ3v) is 5.07. The van der Waals surface area contributed by atoms with Crippen molar-refractivity contribution in [3.8, 4) is 11.5 Å². The number of ether oxygens (including phenoxy) is 3. The average Bonchev–Trinajstić information content (AvgIpc) is 3.05. The van der Waals surface area contributed by atoms with E-state index >= 15 is 0 Å². The van der Waals surface area contributed by atoms with Gasteiger partial charge in [0.1, 0.15) is 0 Å². The molecule has 2 unspecified atom stereocenters. The predicted octanol–water partition coefficient (Wildman–Crippen LogP) is 2.35. The topological polar surface area (TPSA) is 60.0 Å². The predicted molar refractivity (Wildman–Crippen MR) is 99.6 cm³/mol. The molecule has 26 heavy (non-hydrogen) atoms. The summed E-state index contributed by atoms with van der Waals surface area (Å²) in [5.74, 6) is 1.61. The van der Waals surface area contributed by atoms with E-state index in [2.05, 4.69) is 37.9 Å². The van der Waals surface area contributed by atoms with E-state index in [9.17, 15) is 4.79 Å². The normalized spacial score (nSPS) is 23.1. The first-order chi connectivity index (χ1) is 12.3. The van der Waals surface area contributed by atoms with Gasteiger partial charge in [-0.3, -0.25) is 9.69 Å². The summed E-state index contributed by atoms with van der Waals surface area (Å²) >= 11 is 0. The summed E-state index contributed by atoms with van der Waals surface area (Å²) in [6.07, 6.45) is 1.60. The first-order valence-electron chi connectivity index (χ1n) is 9.39. The van der Waals surface area contributed by atoms with Crippen LogP contribution in [0.15, 0.2) is 18.2 Å². The number of hydrogen-bond acceptors (Lipinski definition) is 5. The van der Waals surface area contributed by atoms with Crippen LogP contribution in [-0.4, -0.2) is 55.0 Å². The molecule has 3 rings (SSSR count). The monoisotopic (exact) mass is 362 g/mol. The van der Waals surface area contributed by atoms with Crippen LogP contribution in [0.1, 0.15) is 39.7 Å². The van der Waals surface area contributed by atoms with E-state index in [4.69, 9.17) is 14.2 Å². The molecule has 2 aliphatic rings. The quantitative estimate of drug-likeness (QED) is 0.842. The van der Waals surface area contributed by atoms with Crippen LogP contribution in [0, 0.1) is 0 Å². The van der Waals surface area contributed by atoms with Crippen molar-refractivity contribution in [1.82, 2.24) is 10.2 Å². The number of carbonyl (C=O) groups excluding carboxylic acids is 1. The first-order valence-corrected chi connectivity index (χ1v) is 9.39. The number of carbonyl (C=O) groups is 1. The van der Waals surface area contributed by atoms with Gasteiger partial charge in [-0.25, -0.2) is 0 Å². The molecule has 2 heterocycles. The molecule has 1 saturated heterocycles. The Kier molecular flexibility index (Phi) is 5.73. The number of rotatable bonds is 6. The second-order valence-electron chi connectivity index (χ2n) is 7.94. The molecule has 0 spiro atoms. The zero-order valence-corrected chi connectivity index (χ0v) is 16.2. The number of amides is 1. The van der Waals surface area contributed by atoms with E-state index in [0.29, 0.717) is 19.4 Å². The van der Waals surface area contributed by atoms with E-state index in [1.807, 2.05) is 18.2 Å². The van der Waals surface area contributed by atoms with Crippen molar-refractivity contribution >= 4 is 5.91 Å². The van der Waals surface area contributed by atoms with Crippen molar-refractivity contribution in [2.45, 2.75) is 58.3 Å². The summed E-state index contributed by atoms with van der Waals surface area (Å²) in [4.78, 5) is 14.7. The Hall–Kier alpha value is -1.79. The number of nitrogens with zero attached hydrogens (tertiary/aromatic N) is 1. The molecule has 2 aliphatic heterocycles. The number of nitrogens with one attached hydrogen (secondary N) is 1. The van der Waals surface area contributed by atoms with Gasteiger partial charge in [0.2, 0.25) is 12.7 Å². The van der Waals surface area contributed by atoms with Crippen molar-refractivity contribution < 1.29 is 19.0 Å². The molecule has 144 valence electrons. The highest BCUT2D eigenvalue weighted by molar-refractivity contribution is 5.76. The molecule has 1 N–H and O–H groups in total. The van der Waals surface area contributed by atoms with Gasteiger partial charge in [0.15, 0.2) is 11.5 Å². The summed E-state index contributed by atoms with van der Waals surface area (Å²) in [6, 6.07) is 5.84. The molecular formula is C20H30N2O4. The highest BCUT2D eigenvalue weighted by atomic mass is 16.7. The minimum atomic E-state index is -0.0965. The van der Waals surface area contributed by atoms with Gasteiger partial charge in [-0.05, 0) is 51.8 Å². The molecule has 1 aromatic rings. The van der Waals surface area contributed by atoms with E-state index < -0.39 is 0 Å². The lowest BCUT2D eigenvalue weighted by atomic mass is 10.00. The minimum absolute atomic E-state index is 0.0742. The van der Waals surface area contributed by atoms with Gasteiger partial charge in [0.25, 0.3) is 0 Å². The summed E-state index contributed by atoms with van der Waals surface area (Å²) in [7, 11) is 0. The van der Waals surface area contributed by atoms with Gasteiger partial charge >= 0.3 is 0 Å². The highest BCUT2D eigenvalue weighted by Crippen LogP contribution is 2.32. The number of hydrogen-bond donors (Lipinski definition) is 1. The summed E-state index contributed by atoms with van der Waals surface area (Å²) in [5, 5.41) is 3.10. The van der Waals surface area contributed by atoms with E-state index in [-0.39, 0.29) is 30.4 Å². The van der Waals surface area contributed by atoms with Crippen molar-refractivity contribution in [2.24, 2.45) is 0 Å². The first kappa shape index (κ1) is 19.0. The van der Waals surface area contributed by atoms with Crippen molar-refractivity contribution in [1.29, 1.82) is 0 Å². The molecule has 0 aliphatic carbocycles. The largest absolute Gasteiger partial charge is 0.454 e. The third kappa shape index (κ3) is 4.68. The van der Waals surface area contributed by atoms with Gasteiger partial charge in [0.05, 0.1) is 12.2 Å². The maximum absolute atomic E-state index is 12.3. The van der Waals surface area contributed by atoms with Crippen molar-refractivity contribution in [3.63, 3.8) is 0 Å². The summed E-state index contributed by atoms with van der Waals surface area (Å²) in [6.45, 7) is 11.2. The molecule has 1 amide bonds. The number of benzene rings is 1. The maximum atomic E-state index is 12.3. The third-order valence-electron chi connectivity index (χ3n) is 5.07. The Morgan fingerprint density at radius 2 is 1.88 bits per heavy atom. The molecule has 0 aromatic heterocycles. The van der Waals surface area contributed by atoms with Crippen LogP contribution in [0.25, 0.3) is 0 Å². The molecule has 6 heteroatoms. The van der Waals surface area contributed by atoms with E-state index in [1.54, 1.807) is 0 Å². The zero-order chi connectivity index (χ0) is 18.7. The lowest BCUT2D eigenvalue weighted by molar-refractivity contribution is -0.122. The summed E-state index contributed by atoms with van der Waals surface area (Å²) < 4.78 is 16.5. The lowest BCUT2D eigenvalue weighted by Gasteiger charge is -2.45. The summed E-state index contributed by atoms with van der Waals surface area (Å²) in [5.41, 5.74) is 0.986. The molecule has 1 aromatic carbocycles. The van der Waals surface area contributed by atoms with Gasteiger partial charge in [-0.2, -0.15) is 0 Å². The Bertz CT molecular complexity index is 637. The van der Waals surface area contributed by atoms with Crippen LogP contribution in [0.5, 0.6) is 11.5 Å². The molecule has 2 atom stereocenters. The zero-order valence-electron chi connectivity index (χ0n) is 16.2. The van der Waals surface area contributed by atoms with Gasteiger partial charge < -0.3 is 19.5 Å². The van der Waals surface area contributed by atoms with Crippen LogP contribution in [0.3, 0.4) is 0 Å². The van der Waals surface area contributed by atoms with Gasteiger partial charge in [0, 0.05) is 31.6 Å². The van der Waals surface area contributed by atoms with Crippen molar-refractivity contribution in [3.05, 3.63) is 23.8 Å². The van der Waals surface area contributed by atoms with Crippen LogP contribution in [0.2, 0.25) is 0 Å². The minimum Gasteiger partial charge on any atom is -0.454 e. The molecule has 6 nitrogen and oxygen atoms in total. The molecule has 0 saturated carbocycles. The van der Waals surface area contributed by atoms with Crippen LogP contribution in [-0.2, 0) is 16.0 Å². The molecule has 0 bridgehead atoms. The van der Waals surface area contributed by atoms with Crippen LogP contribution >= 0.6 is 0 Å². The number of morpholine rings is 1. The fourth-order valence-electron chi connectivity index (χ4n) is 3.54. The number of fused-ring (bicyclic) bond motifs is 1. The SMILES string of the molecule is CC1CN(C(C)(C)CNC(=O)CCc2ccc3c(c2)OCO3)CC(C)O1. The Balaban J connectivity index is 1.46. The van der Waals surface area contributed by atoms with E-state index in [1.165, 1.54) is 0 Å². The standard InChI is InChI=1S/C20H30N2O4/c1-14-10-22(11-15(2)26-14)20(3,4)12-21-19(23)8-6-16-5-7-17-18(9-16)25-13-24-17/h5,7,9,14-15H,6,8,10-13H2,1-4H3,(H,21,23). The Morgan fingerprint density at radius 1 is 1.19 bits per heavy atom. The molecule has 1 fully saturated rings. The van der Waals surface area contributed by atoms with Gasteiger partial charge in [-0.1, -0.05) is 6.07 Å². The second-order valence-corrected chi connectivity index (χ2v) is 7.94. The van der Waals surface area contributed by atoms with E-state index in [0.717, 1.165) is 30.2 Å². The van der Waals surface area contributed by atoms with Crippen molar-refractivity contribution in [2.75, 3.05) is 26.4 Å². The second kappa shape index (κ2) is 7.84. The lowest BCUT2D eigenvalue weighted by Crippen LogP contribution is -2.58. The highest BCUT2D eigenvalue weighted by Gasteiger charge is 2.33. The Labute approximate surface area is 155 Å². The average molecular weight is 362 g/mol. The molecule has 0 radical (unpaired) electrons.